The fourth-order valence-electron chi connectivity index (χ4n) is 2.72. The summed E-state index contributed by atoms with van der Waals surface area (Å²) in [5.74, 6) is -3.14. The van der Waals surface area contributed by atoms with Gasteiger partial charge < -0.3 is 15.0 Å². The van der Waals surface area contributed by atoms with Gasteiger partial charge in [0.2, 0.25) is 5.92 Å². The van der Waals surface area contributed by atoms with E-state index in [0.717, 1.165) is 0 Å². The predicted molar refractivity (Wildman–Crippen MR) is 61.7 cm³/mol. The van der Waals surface area contributed by atoms with Crippen LogP contribution in [0.25, 0.3) is 0 Å². The van der Waals surface area contributed by atoms with Crippen molar-refractivity contribution in [2.75, 3.05) is 13.7 Å². The Morgan fingerprint density at radius 3 is 2.56 bits per heavy atom. The molecule has 0 aromatic carbocycles. The average Bonchev–Trinajstić information content (AvgIpc) is 2.66. The first-order valence-corrected chi connectivity index (χ1v) is 5.68. The van der Waals surface area contributed by atoms with Crippen molar-refractivity contribution in [2.24, 2.45) is 12.8 Å². The minimum Gasteiger partial charge on any atom is -0.464 e. The third-order valence-electron chi connectivity index (χ3n) is 3.64. The Labute approximate surface area is 104 Å². The van der Waals surface area contributed by atoms with Gasteiger partial charge in [-0.05, 0) is 12.1 Å². The lowest BCUT2D eigenvalue weighted by atomic mass is 9.64. The number of carbonyl (C=O) groups excluding carboxylic acids is 1. The molecule has 1 aliphatic rings. The minimum absolute atomic E-state index is 0.140. The van der Waals surface area contributed by atoms with Crippen molar-refractivity contribution in [2.45, 2.75) is 24.2 Å². The van der Waals surface area contributed by atoms with E-state index < -0.39 is 17.3 Å². The summed E-state index contributed by atoms with van der Waals surface area (Å²) >= 11 is 0. The zero-order valence-electron chi connectivity index (χ0n) is 10.4. The minimum atomic E-state index is -2.66. The Morgan fingerprint density at radius 2 is 2.11 bits per heavy atom. The highest BCUT2D eigenvalue weighted by molar-refractivity contribution is 5.87. The lowest BCUT2D eigenvalue weighted by molar-refractivity contribution is -0.125. The van der Waals surface area contributed by atoms with E-state index in [1.165, 1.54) is 7.11 Å². The van der Waals surface area contributed by atoms with Crippen LogP contribution < -0.4 is 5.73 Å². The molecule has 1 aromatic rings. The maximum absolute atomic E-state index is 13.1. The first-order valence-electron chi connectivity index (χ1n) is 5.68. The van der Waals surface area contributed by atoms with Crippen LogP contribution in [0.4, 0.5) is 8.78 Å². The zero-order valence-corrected chi connectivity index (χ0v) is 10.4. The van der Waals surface area contributed by atoms with E-state index in [0.29, 0.717) is 11.4 Å². The first kappa shape index (κ1) is 13.0. The van der Waals surface area contributed by atoms with Gasteiger partial charge in [-0.25, -0.2) is 13.6 Å². The van der Waals surface area contributed by atoms with E-state index in [-0.39, 0.29) is 19.4 Å². The standard InChI is InChI=1S/C12H16F2N2O2/c1-16-8(10(17)18-2)3-4-9(16)11(7-15)5-12(13,14)6-11/h3-4H,5-7,15H2,1-2H3. The van der Waals surface area contributed by atoms with Crippen LogP contribution in [0.3, 0.4) is 0 Å². The number of hydrogen-bond donors (Lipinski definition) is 1. The highest BCUT2D eigenvalue weighted by Gasteiger charge is 2.57. The zero-order chi connectivity index (χ0) is 13.6. The van der Waals surface area contributed by atoms with Gasteiger partial charge in [0.25, 0.3) is 0 Å². The maximum atomic E-state index is 13.1. The van der Waals surface area contributed by atoms with E-state index in [1.807, 2.05) is 0 Å². The largest absolute Gasteiger partial charge is 0.464 e. The van der Waals surface area contributed by atoms with Crippen LogP contribution >= 0.6 is 0 Å². The number of esters is 1. The van der Waals surface area contributed by atoms with Gasteiger partial charge in [-0.1, -0.05) is 0 Å². The molecule has 4 nitrogen and oxygen atoms in total. The number of ether oxygens (including phenoxy) is 1. The van der Waals surface area contributed by atoms with Crippen LogP contribution in [-0.4, -0.2) is 30.1 Å². The lowest BCUT2D eigenvalue weighted by Crippen LogP contribution is -2.54. The number of methoxy groups -OCH3 is 1. The third kappa shape index (κ3) is 1.80. The van der Waals surface area contributed by atoms with Crippen molar-refractivity contribution in [3.05, 3.63) is 23.5 Å². The maximum Gasteiger partial charge on any atom is 0.354 e. The third-order valence-corrected chi connectivity index (χ3v) is 3.64. The molecule has 1 aliphatic carbocycles. The highest BCUT2D eigenvalue weighted by atomic mass is 19.3. The summed E-state index contributed by atoms with van der Waals surface area (Å²) in [6, 6.07) is 3.25. The molecule has 0 unspecified atom stereocenters. The Kier molecular flexibility index (Phi) is 2.93. The van der Waals surface area contributed by atoms with Crippen LogP contribution in [0.15, 0.2) is 12.1 Å². The molecule has 6 heteroatoms. The molecule has 0 bridgehead atoms. The topological polar surface area (TPSA) is 57.2 Å². The van der Waals surface area contributed by atoms with E-state index in [1.54, 1.807) is 23.7 Å². The van der Waals surface area contributed by atoms with Gasteiger partial charge in [0.05, 0.1) is 7.11 Å². The van der Waals surface area contributed by atoms with Crippen LogP contribution in [0.1, 0.15) is 29.0 Å². The normalized spacial score (nSPS) is 20.3. The molecule has 100 valence electrons. The van der Waals surface area contributed by atoms with Gasteiger partial charge in [-0.15, -0.1) is 0 Å². The Balaban J connectivity index is 2.35. The number of nitrogens with zero attached hydrogens (tertiary/aromatic N) is 1. The van der Waals surface area contributed by atoms with Crippen LogP contribution in [-0.2, 0) is 17.2 Å². The van der Waals surface area contributed by atoms with Gasteiger partial charge in [-0.3, -0.25) is 0 Å². The summed E-state index contributed by atoms with van der Waals surface area (Å²) in [6.45, 7) is 0.140. The Bertz CT molecular complexity index is 474. The lowest BCUT2D eigenvalue weighted by Gasteiger charge is -2.47. The molecule has 0 saturated heterocycles. The summed E-state index contributed by atoms with van der Waals surface area (Å²) in [5, 5.41) is 0. The van der Waals surface area contributed by atoms with Gasteiger partial charge >= 0.3 is 5.97 Å². The van der Waals surface area contributed by atoms with Gasteiger partial charge in [0.1, 0.15) is 5.69 Å². The van der Waals surface area contributed by atoms with E-state index in [2.05, 4.69) is 4.74 Å². The molecule has 1 fully saturated rings. The van der Waals surface area contributed by atoms with Crippen molar-refractivity contribution in [3.63, 3.8) is 0 Å². The van der Waals surface area contributed by atoms with Crippen LogP contribution in [0, 0.1) is 0 Å². The number of nitrogens with two attached hydrogens (primary N) is 1. The monoisotopic (exact) mass is 258 g/mol. The fraction of sp³-hybridized carbons (Fsp3) is 0.583. The number of rotatable bonds is 3. The number of carbonyl (C=O) groups is 1. The molecular weight excluding hydrogens is 242 g/mol. The van der Waals surface area contributed by atoms with Crippen LogP contribution in [0.5, 0.6) is 0 Å². The second-order valence-corrected chi connectivity index (χ2v) is 4.85. The number of alkyl halides is 2. The SMILES string of the molecule is COC(=O)c1ccc(C2(CN)CC(F)(F)C2)n1C. The van der Waals surface area contributed by atoms with E-state index >= 15 is 0 Å². The van der Waals surface area contributed by atoms with Crippen molar-refractivity contribution in [1.29, 1.82) is 0 Å². The number of hydrogen-bond acceptors (Lipinski definition) is 3. The smallest absolute Gasteiger partial charge is 0.354 e. The predicted octanol–water partition coefficient (Wildman–Crippen LogP) is 1.44. The number of halogens is 2. The van der Waals surface area contributed by atoms with Crippen molar-refractivity contribution >= 4 is 5.97 Å². The Hall–Kier alpha value is -1.43. The fourth-order valence-corrected chi connectivity index (χ4v) is 2.72. The quantitative estimate of drug-likeness (QED) is 0.834. The molecule has 18 heavy (non-hydrogen) atoms. The second-order valence-electron chi connectivity index (χ2n) is 4.85. The first-order chi connectivity index (χ1) is 8.35. The highest BCUT2D eigenvalue weighted by Crippen LogP contribution is 2.52. The molecule has 1 aromatic heterocycles. The van der Waals surface area contributed by atoms with Crippen LogP contribution in [0.2, 0.25) is 0 Å². The van der Waals surface area contributed by atoms with Crippen molar-refractivity contribution in [3.8, 4) is 0 Å². The number of aromatic nitrogens is 1. The summed E-state index contributed by atoms with van der Waals surface area (Å²) in [6.07, 6.45) is -0.538. The second kappa shape index (κ2) is 4.05. The molecule has 2 N–H and O–H groups in total. The van der Waals surface area contributed by atoms with Gasteiger partial charge in [0, 0.05) is 37.5 Å². The van der Waals surface area contributed by atoms with Gasteiger partial charge in [-0.2, -0.15) is 0 Å². The molecule has 1 heterocycles. The van der Waals surface area contributed by atoms with Crippen molar-refractivity contribution < 1.29 is 18.3 Å². The molecule has 1 saturated carbocycles. The average molecular weight is 258 g/mol. The summed E-state index contributed by atoms with van der Waals surface area (Å²) in [5.41, 5.74) is 5.92. The van der Waals surface area contributed by atoms with E-state index in [4.69, 9.17) is 5.73 Å². The summed E-state index contributed by atoms with van der Waals surface area (Å²) in [7, 11) is 2.95. The molecule has 2 rings (SSSR count). The molecule has 0 amide bonds. The van der Waals surface area contributed by atoms with E-state index in [9.17, 15) is 13.6 Å². The molecule has 0 atom stereocenters. The molecule has 0 aliphatic heterocycles. The Morgan fingerprint density at radius 1 is 1.50 bits per heavy atom. The summed E-state index contributed by atoms with van der Waals surface area (Å²) in [4.78, 5) is 11.5. The molecular formula is C12H16F2N2O2. The van der Waals surface area contributed by atoms with Crippen molar-refractivity contribution in [1.82, 2.24) is 4.57 Å². The van der Waals surface area contributed by atoms with Gasteiger partial charge in [0.15, 0.2) is 0 Å². The molecule has 0 radical (unpaired) electrons. The molecule has 0 spiro atoms. The summed E-state index contributed by atoms with van der Waals surface area (Å²) < 4.78 is 32.4.